The minimum Gasteiger partial charge on any atom is -0.382 e. The lowest BCUT2D eigenvalue weighted by Gasteiger charge is -2.37. The van der Waals surface area contributed by atoms with Crippen LogP contribution in [0.2, 0.25) is 0 Å². The first-order valence-corrected chi connectivity index (χ1v) is 12.9. The van der Waals surface area contributed by atoms with Crippen molar-refractivity contribution in [3.8, 4) is 6.07 Å². The van der Waals surface area contributed by atoms with Crippen LogP contribution in [0, 0.1) is 28.8 Å². The van der Waals surface area contributed by atoms with Gasteiger partial charge in [-0.05, 0) is 24.3 Å². The smallest absolute Gasteiger partial charge is 0.184 e. The van der Waals surface area contributed by atoms with Crippen LogP contribution in [0.3, 0.4) is 0 Å². The predicted octanol–water partition coefficient (Wildman–Crippen LogP) is 4.74. The molecule has 1 fully saturated rings. The Morgan fingerprint density at radius 1 is 1.23 bits per heavy atom. The zero-order valence-electron chi connectivity index (χ0n) is 20.9. The first kappa shape index (κ1) is 28.4. The van der Waals surface area contributed by atoms with Crippen LogP contribution < -0.4 is 0 Å². The summed E-state index contributed by atoms with van der Waals surface area (Å²) in [6, 6.07) is 9.81. The van der Waals surface area contributed by atoms with Gasteiger partial charge < -0.3 is 14.6 Å². The Labute approximate surface area is 227 Å². The molecule has 0 radical (unpaired) electrons. The number of rotatable bonds is 9. The zero-order valence-corrected chi connectivity index (χ0v) is 21.7. The van der Waals surface area contributed by atoms with Gasteiger partial charge in [0, 0.05) is 22.5 Å². The number of aromatic nitrogens is 3. The van der Waals surface area contributed by atoms with Gasteiger partial charge in [0.05, 0.1) is 36.6 Å². The SMILES string of the molecule is C[C@@H](SC1COC(C=C=C/C=C/c2ccc(C#N)cc2F)OC1)[C@](O)(Cn1cncn1)c1cccc(F)c1F. The highest BCUT2D eigenvalue weighted by atomic mass is 32.2. The summed E-state index contributed by atoms with van der Waals surface area (Å²) in [5, 5.41) is 23.7. The van der Waals surface area contributed by atoms with Crippen molar-refractivity contribution < 1.29 is 27.8 Å². The molecule has 2 heterocycles. The fraction of sp³-hybridized carbons (Fsp3) is 0.286. The third-order valence-corrected chi connectivity index (χ3v) is 7.53. The van der Waals surface area contributed by atoms with Crippen molar-refractivity contribution in [2.24, 2.45) is 0 Å². The largest absolute Gasteiger partial charge is 0.382 e. The number of hydrogen-bond donors (Lipinski definition) is 1. The van der Waals surface area contributed by atoms with Gasteiger partial charge in [-0.15, -0.1) is 17.5 Å². The Kier molecular flexibility index (Phi) is 9.41. The van der Waals surface area contributed by atoms with Crippen LogP contribution in [-0.4, -0.2) is 49.9 Å². The van der Waals surface area contributed by atoms with Crippen molar-refractivity contribution in [1.29, 1.82) is 5.26 Å². The van der Waals surface area contributed by atoms with Crippen LogP contribution in [0.1, 0.15) is 23.6 Å². The molecule has 2 atom stereocenters. The molecule has 1 aromatic heterocycles. The van der Waals surface area contributed by atoms with Crippen LogP contribution in [0.25, 0.3) is 6.08 Å². The molecule has 0 unspecified atom stereocenters. The van der Waals surface area contributed by atoms with E-state index >= 15 is 0 Å². The van der Waals surface area contributed by atoms with Crippen LogP contribution >= 0.6 is 11.8 Å². The van der Waals surface area contributed by atoms with Gasteiger partial charge in [0.15, 0.2) is 17.9 Å². The highest BCUT2D eigenvalue weighted by Gasteiger charge is 2.41. The minimum atomic E-state index is -1.80. The number of ether oxygens (including phenoxy) is 2. The van der Waals surface area contributed by atoms with E-state index in [1.54, 1.807) is 31.2 Å². The maximum absolute atomic E-state index is 14.7. The summed E-state index contributed by atoms with van der Waals surface area (Å²) >= 11 is 1.33. The summed E-state index contributed by atoms with van der Waals surface area (Å²) in [7, 11) is 0. The molecule has 202 valence electrons. The van der Waals surface area contributed by atoms with E-state index in [0.29, 0.717) is 5.56 Å². The van der Waals surface area contributed by atoms with E-state index in [1.807, 2.05) is 6.07 Å². The second-order valence-electron chi connectivity index (χ2n) is 8.76. The molecule has 3 aromatic rings. The van der Waals surface area contributed by atoms with E-state index in [4.69, 9.17) is 14.7 Å². The van der Waals surface area contributed by atoms with Gasteiger partial charge in [-0.3, -0.25) is 0 Å². The number of hydrogen-bond acceptors (Lipinski definition) is 7. The van der Waals surface area contributed by atoms with Gasteiger partial charge in [-0.1, -0.05) is 37.3 Å². The highest BCUT2D eigenvalue weighted by molar-refractivity contribution is 8.00. The molecule has 4 rings (SSSR count). The van der Waals surface area contributed by atoms with Crippen LogP contribution in [0.15, 0.2) is 73.0 Å². The predicted molar refractivity (Wildman–Crippen MR) is 140 cm³/mol. The first-order valence-electron chi connectivity index (χ1n) is 12.0. The quantitative estimate of drug-likeness (QED) is 0.302. The van der Waals surface area contributed by atoms with Gasteiger partial charge in [0.2, 0.25) is 0 Å². The zero-order chi connectivity index (χ0) is 27.8. The van der Waals surface area contributed by atoms with Crippen molar-refractivity contribution in [2.45, 2.75) is 35.9 Å². The molecule has 0 aliphatic carbocycles. The number of benzene rings is 2. The Hall–Kier alpha value is -3.65. The lowest BCUT2D eigenvalue weighted by atomic mass is 9.90. The highest BCUT2D eigenvalue weighted by Crippen LogP contribution is 2.39. The van der Waals surface area contributed by atoms with E-state index in [2.05, 4.69) is 15.8 Å². The molecular weight excluding hydrogens is 529 g/mol. The normalized spacial score (nSPS) is 19.6. The summed E-state index contributed by atoms with van der Waals surface area (Å²) in [6.07, 6.45) is 8.35. The van der Waals surface area contributed by atoms with E-state index in [-0.39, 0.29) is 36.1 Å². The van der Waals surface area contributed by atoms with Crippen LogP contribution in [0.4, 0.5) is 13.2 Å². The molecule has 1 saturated heterocycles. The molecule has 7 nitrogen and oxygen atoms in total. The average molecular weight is 555 g/mol. The van der Waals surface area contributed by atoms with Gasteiger partial charge in [0.25, 0.3) is 0 Å². The third kappa shape index (κ3) is 7.06. The molecule has 1 aliphatic rings. The van der Waals surface area contributed by atoms with E-state index in [9.17, 15) is 18.3 Å². The molecule has 39 heavy (non-hydrogen) atoms. The van der Waals surface area contributed by atoms with E-state index in [0.717, 1.165) is 6.07 Å². The summed E-state index contributed by atoms with van der Waals surface area (Å²) in [5.41, 5.74) is 1.52. The van der Waals surface area contributed by atoms with Gasteiger partial charge in [-0.25, -0.2) is 22.8 Å². The van der Waals surface area contributed by atoms with Crippen molar-refractivity contribution in [3.05, 3.63) is 107 Å². The van der Waals surface area contributed by atoms with Gasteiger partial charge in [-0.2, -0.15) is 10.4 Å². The molecular formula is C28H25F3N4O3S. The monoisotopic (exact) mass is 554 g/mol. The lowest BCUT2D eigenvalue weighted by Crippen LogP contribution is -2.44. The number of allylic oxidation sites excluding steroid dienone is 1. The van der Waals surface area contributed by atoms with Crippen molar-refractivity contribution in [2.75, 3.05) is 13.2 Å². The maximum atomic E-state index is 14.7. The molecule has 1 N–H and O–H groups in total. The molecule has 0 spiro atoms. The number of nitriles is 1. The van der Waals surface area contributed by atoms with E-state index in [1.165, 1.54) is 59.4 Å². The fourth-order valence-corrected chi connectivity index (χ4v) is 5.30. The Morgan fingerprint density at radius 3 is 2.72 bits per heavy atom. The molecule has 0 saturated carbocycles. The Balaban J connectivity index is 1.36. The second kappa shape index (κ2) is 12.9. The number of halogens is 3. The minimum absolute atomic E-state index is 0.133. The lowest BCUT2D eigenvalue weighted by molar-refractivity contribution is -0.146. The number of thioether (sulfide) groups is 1. The topological polar surface area (TPSA) is 93.2 Å². The molecule has 0 amide bonds. The van der Waals surface area contributed by atoms with Crippen LogP contribution in [0.5, 0.6) is 0 Å². The third-order valence-electron chi connectivity index (χ3n) is 6.08. The average Bonchev–Trinajstić information content (AvgIpc) is 3.44. The van der Waals surface area contributed by atoms with Crippen molar-refractivity contribution in [3.63, 3.8) is 0 Å². The van der Waals surface area contributed by atoms with Crippen LogP contribution in [-0.2, 0) is 21.6 Å². The van der Waals surface area contributed by atoms with Gasteiger partial charge in [0.1, 0.15) is 24.1 Å². The van der Waals surface area contributed by atoms with Crippen molar-refractivity contribution in [1.82, 2.24) is 14.8 Å². The Bertz CT molecular complexity index is 1410. The summed E-state index contributed by atoms with van der Waals surface area (Å²) in [4.78, 5) is 3.87. The number of aliphatic hydroxyl groups is 1. The fourth-order valence-electron chi connectivity index (χ4n) is 3.98. The molecule has 11 heteroatoms. The van der Waals surface area contributed by atoms with E-state index < -0.39 is 34.6 Å². The summed E-state index contributed by atoms with van der Waals surface area (Å²) < 4.78 is 55.5. The van der Waals surface area contributed by atoms with Gasteiger partial charge >= 0.3 is 0 Å². The second-order valence-corrected chi connectivity index (χ2v) is 10.4. The first-order chi connectivity index (χ1) is 18.8. The maximum Gasteiger partial charge on any atom is 0.184 e. The summed E-state index contributed by atoms with van der Waals surface area (Å²) in [6.45, 7) is 2.17. The number of nitrogens with zero attached hydrogens (tertiary/aromatic N) is 4. The standard InChI is InChI=1S/C28H25F3N4O3S/c1-19(28(36,16-35-18-33-17-34-35)23-7-5-8-24(29)27(23)31)39-22-14-37-26(38-15-22)9-4-2-3-6-21-11-10-20(13-32)12-25(21)30/h2-3,5-12,17-19,22,26,36H,14-16H2,1H3/b6-3+/t4?,19-,22?,26?,28-/m1/s1. The van der Waals surface area contributed by atoms with Crippen molar-refractivity contribution >= 4 is 17.8 Å². The molecule has 1 aliphatic heterocycles. The molecule has 2 aromatic carbocycles. The molecule has 0 bridgehead atoms. The summed E-state index contributed by atoms with van der Waals surface area (Å²) in [5.74, 6) is -2.66. The Morgan fingerprint density at radius 2 is 2.03 bits per heavy atom.